The number of amides is 3. The summed E-state index contributed by atoms with van der Waals surface area (Å²) in [7, 11) is 0. The maximum absolute atomic E-state index is 13.2. The second-order valence-electron chi connectivity index (χ2n) is 8.76. The molecule has 2 saturated carbocycles. The number of rotatable bonds is 3. The van der Waals surface area contributed by atoms with Crippen molar-refractivity contribution in [2.24, 2.45) is 23.7 Å². The molecule has 3 aliphatic rings. The molecular weight excluding hydrogens is 524 g/mol. The Morgan fingerprint density at radius 2 is 1.52 bits per heavy atom. The van der Waals surface area contributed by atoms with E-state index >= 15 is 0 Å². The Balaban J connectivity index is 1.36. The molecule has 0 radical (unpaired) electrons. The SMILES string of the molecule is Cc1cccc(NC(=O)c2ccc(N3C(=O)[C@@H]4[C@H]5C[C@@H]([C@@H](Br)[C@H]5Br)[C@H]4C3=O)cc2)c1C. The van der Waals surface area contributed by atoms with Crippen LogP contribution in [0.25, 0.3) is 0 Å². The fraction of sp³-hybridized carbons (Fsp3) is 0.375. The molecule has 1 N–H and O–H groups in total. The van der Waals surface area contributed by atoms with Crippen molar-refractivity contribution in [1.29, 1.82) is 0 Å². The van der Waals surface area contributed by atoms with E-state index in [0.29, 0.717) is 11.3 Å². The Kier molecular flexibility index (Phi) is 5.09. The third-order valence-electron chi connectivity index (χ3n) is 7.23. The van der Waals surface area contributed by atoms with Crippen molar-refractivity contribution in [2.75, 3.05) is 10.2 Å². The van der Waals surface area contributed by atoms with Crippen LogP contribution in [-0.2, 0) is 9.59 Å². The van der Waals surface area contributed by atoms with E-state index in [9.17, 15) is 14.4 Å². The lowest BCUT2D eigenvalue weighted by Crippen LogP contribution is -2.37. The molecule has 2 bridgehead atoms. The van der Waals surface area contributed by atoms with E-state index in [1.165, 1.54) is 4.90 Å². The number of anilines is 2. The number of nitrogens with one attached hydrogen (secondary N) is 1. The minimum absolute atomic E-state index is 0.112. The van der Waals surface area contributed by atoms with Crippen LogP contribution in [0.1, 0.15) is 27.9 Å². The number of hydrogen-bond donors (Lipinski definition) is 1. The van der Waals surface area contributed by atoms with Crippen molar-refractivity contribution in [3.63, 3.8) is 0 Å². The summed E-state index contributed by atoms with van der Waals surface area (Å²) in [6.45, 7) is 3.97. The third kappa shape index (κ3) is 3.11. The van der Waals surface area contributed by atoms with E-state index < -0.39 is 0 Å². The van der Waals surface area contributed by atoms with Gasteiger partial charge in [0.15, 0.2) is 0 Å². The maximum Gasteiger partial charge on any atom is 0.255 e. The summed E-state index contributed by atoms with van der Waals surface area (Å²) in [5.74, 6) is -0.575. The third-order valence-corrected chi connectivity index (χ3v) is 10.4. The van der Waals surface area contributed by atoms with Crippen LogP contribution in [0.4, 0.5) is 11.4 Å². The molecule has 0 unspecified atom stereocenters. The van der Waals surface area contributed by atoms with Gasteiger partial charge in [0, 0.05) is 20.9 Å². The van der Waals surface area contributed by atoms with Crippen molar-refractivity contribution < 1.29 is 14.4 Å². The highest BCUT2D eigenvalue weighted by atomic mass is 79.9. The Bertz CT molecular complexity index is 1070. The van der Waals surface area contributed by atoms with E-state index in [2.05, 4.69) is 37.2 Å². The molecule has 2 aliphatic carbocycles. The summed E-state index contributed by atoms with van der Waals surface area (Å²) in [5, 5.41) is 2.94. The number of carbonyl (C=O) groups is 3. The van der Waals surface area contributed by atoms with E-state index in [1.807, 2.05) is 32.0 Å². The molecule has 160 valence electrons. The van der Waals surface area contributed by atoms with E-state index in [4.69, 9.17) is 0 Å². The first-order chi connectivity index (χ1) is 14.8. The molecule has 1 heterocycles. The number of nitrogens with zero attached hydrogens (tertiary/aromatic N) is 1. The van der Waals surface area contributed by atoms with Crippen LogP contribution >= 0.6 is 31.9 Å². The lowest BCUT2D eigenvalue weighted by Gasteiger charge is -2.28. The minimum atomic E-state index is -0.247. The fourth-order valence-electron chi connectivity index (χ4n) is 5.45. The number of alkyl halides is 2. The summed E-state index contributed by atoms with van der Waals surface area (Å²) in [4.78, 5) is 40.8. The van der Waals surface area contributed by atoms with Crippen LogP contribution in [-0.4, -0.2) is 27.4 Å². The molecule has 1 saturated heterocycles. The first kappa shape index (κ1) is 20.9. The van der Waals surface area contributed by atoms with Gasteiger partial charge in [0.05, 0.1) is 17.5 Å². The monoisotopic (exact) mass is 544 g/mol. The van der Waals surface area contributed by atoms with Crippen LogP contribution in [0.3, 0.4) is 0 Å². The smallest absolute Gasteiger partial charge is 0.255 e. The van der Waals surface area contributed by atoms with Gasteiger partial charge in [0.1, 0.15) is 0 Å². The topological polar surface area (TPSA) is 66.5 Å². The van der Waals surface area contributed by atoms with Gasteiger partial charge in [-0.2, -0.15) is 0 Å². The van der Waals surface area contributed by atoms with E-state index in [0.717, 1.165) is 23.2 Å². The summed E-state index contributed by atoms with van der Waals surface area (Å²) >= 11 is 7.42. The zero-order chi connectivity index (χ0) is 22.0. The Morgan fingerprint density at radius 1 is 0.935 bits per heavy atom. The fourth-order valence-corrected chi connectivity index (χ4v) is 7.32. The van der Waals surface area contributed by atoms with Crippen LogP contribution in [0.5, 0.6) is 0 Å². The van der Waals surface area contributed by atoms with Gasteiger partial charge >= 0.3 is 0 Å². The van der Waals surface area contributed by atoms with Crippen LogP contribution in [0, 0.1) is 37.5 Å². The molecular formula is C24H22Br2N2O3. The van der Waals surface area contributed by atoms with E-state index in [-0.39, 0.29) is 51.0 Å². The summed E-state index contributed by atoms with van der Waals surface area (Å²) in [5.41, 5.74) is 3.91. The predicted molar refractivity (Wildman–Crippen MR) is 127 cm³/mol. The minimum Gasteiger partial charge on any atom is -0.322 e. The summed E-state index contributed by atoms with van der Waals surface area (Å²) in [6.07, 6.45) is 0.907. The molecule has 0 aromatic heterocycles. The molecule has 5 rings (SSSR count). The molecule has 3 amide bonds. The lowest BCUT2D eigenvalue weighted by atomic mass is 9.81. The number of aryl methyl sites for hydroxylation is 1. The van der Waals surface area contributed by atoms with E-state index in [1.54, 1.807) is 24.3 Å². The van der Waals surface area contributed by atoms with Crippen molar-refractivity contribution in [2.45, 2.75) is 29.9 Å². The van der Waals surface area contributed by atoms with Gasteiger partial charge in [-0.15, -0.1) is 0 Å². The Hall–Kier alpha value is -1.99. The molecule has 7 heteroatoms. The molecule has 5 nitrogen and oxygen atoms in total. The Morgan fingerprint density at radius 3 is 2.10 bits per heavy atom. The van der Waals surface area contributed by atoms with Crippen molar-refractivity contribution in [3.8, 4) is 0 Å². The predicted octanol–water partition coefficient (Wildman–Crippen LogP) is 4.84. The Labute approximate surface area is 197 Å². The van der Waals surface area contributed by atoms with Gasteiger partial charge in [-0.3, -0.25) is 19.3 Å². The first-order valence-electron chi connectivity index (χ1n) is 10.4. The highest BCUT2D eigenvalue weighted by Gasteiger charge is 2.66. The molecule has 6 atom stereocenters. The van der Waals surface area contributed by atoms with Crippen molar-refractivity contribution >= 4 is 61.0 Å². The zero-order valence-electron chi connectivity index (χ0n) is 17.1. The number of hydrogen-bond acceptors (Lipinski definition) is 3. The maximum atomic E-state index is 13.2. The molecule has 2 aromatic rings. The molecule has 3 fully saturated rings. The van der Waals surface area contributed by atoms with Gasteiger partial charge in [-0.25, -0.2) is 0 Å². The number of halogens is 2. The normalized spacial score (nSPS) is 31.3. The van der Waals surface area contributed by atoms with Gasteiger partial charge in [-0.05, 0) is 73.6 Å². The highest BCUT2D eigenvalue weighted by molar-refractivity contribution is 9.12. The quantitative estimate of drug-likeness (QED) is 0.443. The van der Waals surface area contributed by atoms with Crippen LogP contribution in [0.2, 0.25) is 0 Å². The lowest BCUT2D eigenvalue weighted by molar-refractivity contribution is -0.123. The summed E-state index contributed by atoms with van der Waals surface area (Å²) in [6, 6.07) is 12.5. The number of imide groups is 1. The largest absolute Gasteiger partial charge is 0.322 e. The van der Waals surface area contributed by atoms with Gasteiger partial charge in [0.25, 0.3) is 5.91 Å². The van der Waals surface area contributed by atoms with Crippen LogP contribution < -0.4 is 10.2 Å². The molecule has 31 heavy (non-hydrogen) atoms. The van der Waals surface area contributed by atoms with Gasteiger partial charge < -0.3 is 5.32 Å². The second-order valence-corrected chi connectivity index (χ2v) is 10.9. The standard InChI is InChI=1S/C24H22Br2N2O3/c1-11-4-3-5-17(12(11)2)27-22(29)13-6-8-14(9-7-13)28-23(30)18-15-10-16(19(18)24(28)31)21(26)20(15)25/h3-9,15-16,18-21H,10H2,1-2H3,(H,27,29)/t15-,16-,18-,19-,20-,21+/m1/s1. The highest BCUT2D eigenvalue weighted by Crippen LogP contribution is 2.60. The summed E-state index contributed by atoms with van der Waals surface area (Å²) < 4.78 is 0. The van der Waals surface area contributed by atoms with Gasteiger partial charge in [-0.1, -0.05) is 44.0 Å². The molecule has 0 spiro atoms. The average molecular weight is 546 g/mol. The number of carbonyl (C=O) groups excluding carboxylic acids is 3. The average Bonchev–Trinajstić information content (AvgIpc) is 3.36. The molecule has 2 aromatic carbocycles. The molecule has 1 aliphatic heterocycles. The first-order valence-corrected chi connectivity index (χ1v) is 12.3. The second kappa shape index (κ2) is 7.55. The van der Waals surface area contributed by atoms with Crippen LogP contribution in [0.15, 0.2) is 42.5 Å². The number of fused-ring (bicyclic) bond motifs is 5. The van der Waals surface area contributed by atoms with Crippen molar-refractivity contribution in [1.82, 2.24) is 0 Å². The number of benzene rings is 2. The van der Waals surface area contributed by atoms with Gasteiger partial charge in [0.2, 0.25) is 11.8 Å². The van der Waals surface area contributed by atoms with Crippen molar-refractivity contribution in [3.05, 3.63) is 59.2 Å². The zero-order valence-corrected chi connectivity index (χ0v) is 20.3.